The summed E-state index contributed by atoms with van der Waals surface area (Å²) >= 11 is 0. The van der Waals surface area contributed by atoms with Gasteiger partial charge >= 0.3 is 5.97 Å². The molecule has 0 radical (unpaired) electrons. The molecular weight excluding hydrogens is 230 g/mol. The van der Waals surface area contributed by atoms with E-state index in [4.69, 9.17) is 9.47 Å². The van der Waals surface area contributed by atoms with Crippen LogP contribution in [0.5, 0.6) is 0 Å². The molecule has 0 spiro atoms. The highest BCUT2D eigenvalue weighted by Crippen LogP contribution is 2.33. The Hall–Kier alpha value is -0.610. The van der Waals surface area contributed by atoms with Gasteiger partial charge in [0.15, 0.2) is 0 Å². The Morgan fingerprint density at radius 1 is 1.33 bits per heavy atom. The fraction of sp³-hybridized carbons (Fsp3) is 0.929. The molecule has 4 heteroatoms. The van der Waals surface area contributed by atoms with Crippen molar-refractivity contribution in [3.05, 3.63) is 0 Å². The van der Waals surface area contributed by atoms with Gasteiger partial charge in [0, 0.05) is 13.0 Å². The van der Waals surface area contributed by atoms with Crippen molar-refractivity contribution in [3.8, 4) is 0 Å². The number of carbonyl (C=O) groups is 1. The van der Waals surface area contributed by atoms with Gasteiger partial charge in [-0.2, -0.15) is 0 Å². The highest BCUT2D eigenvalue weighted by Gasteiger charge is 2.46. The maximum absolute atomic E-state index is 12.2. The zero-order chi connectivity index (χ0) is 13.4. The van der Waals surface area contributed by atoms with Gasteiger partial charge < -0.3 is 14.8 Å². The van der Waals surface area contributed by atoms with Gasteiger partial charge in [-0.25, -0.2) is 0 Å². The van der Waals surface area contributed by atoms with E-state index < -0.39 is 5.54 Å². The van der Waals surface area contributed by atoms with Gasteiger partial charge in [-0.15, -0.1) is 0 Å². The molecule has 0 bridgehead atoms. The van der Waals surface area contributed by atoms with Gasteiger partial charge in [0.25, 0.3) is 0 Å². The van der Waals surface area contributed by atoms with Gasteiger partial charge in [0.1, 0.15) is 5.54 Å². The van der Waals surface area contributed by atoms with Crippen LogP contribution in [-0.4, -0.2) is 37.4 Å². The number of ether oxygens (including phenoxy) is 2. The number of esters is 1. The monoisotopic (exact) mass is 257 g/mol. The second-order valence-electron chi connectivity index (χ2n) is 4.96. The largest absolute Gasteiger partial charge is 0.465 e. The molecule has 2 unspecified atom stereocenters. The number of rotatable bonds is 8. The lowest BCUT2D eigenvalue weighted by Crippen LogP contribution is -2.51. The maximum atomic E-state index is 12.2. The molecule has 1 saturated carbocycles. The zero-order valence-corrected chi connectivity index (χ0v) is 12.0. The van der Waals surface area contributed by atoms with Crippen molar-refractivity contribution < 1.29 is 14.3 Å². The van der Waals surface area contributed by atoms with Crippen LogP contribution in [0.25, 0.3) is 0 Å². The van der Waals surface area contributed by atoms with Crippen LogP contribution in [0.1, 0.15) is 52.9 Å². The fourth-order valence-electron chi connectivity index (χ4n) is 2.48. The zero-order valence-electron chi connectivity index (χ0n) is 12.0. The summed E-state index contributed by atoms with van der Waals surface area (Å²) in [6.07, 6.45) is 4.73. The molecule has 1 aliphatic rings. The third kappa shape index (κ3) is 3.95. The van der Waals surface area contributed by atoms with Crippen LogP contribution in [0.3, 0.4) is 0 Å². The first-order valence-electron chi connectivity index (χ1n) is 7.22. The quantitative estimate of drug-likeness (QED) is 0.678. The predicted molar refractivity (Wildman–Crippen MR) is 71.5 cm³/mol. The van der Waals surface area contributed by atoms with Crippen molar-refractivity contribution in [3.63, 3.8) is 0 Å². The van der Waals surface area contributed by atoms with Crippen molar-refractivity contribution in [1.29, 1.82) is 0 Å². The van der Waals surface area contributed by atoms with E-state index >= 15 is 0 Å². The third-order valence-corrected chi connectivity index (χ3v) is 3.41. The molecule has 18 heavy (non-hydrogen) atoms. The van der Waals surface area contributed by atoms with Gasteiger partial charge in [-0.05, 0) is 39.2 Å². The van der Waals surface area contributed by atoms with E-state index in [0.717, 1.165) is 45.3 Å². The van der Waals surface area contributed by atoms with Crippen LogP contribution < -0.4 is 5.32 Å². The van der Waals surface area contributed by atoms with E-state index in [2.05, 4.69) is 19.2 Å². The molecule has 0 aromatic heterocycles. The Morgan fingerprint density at radius 3 is 2.72 bits per heavy atom. The summed E-state index contributed by atoms with van der Waals surface area (Å²) in [6, 6.07) is 0. The first-order valence-corrected chi connectivity index (χ1v) is 7.22. The maximum Gasteiger partial charge on any atom is 0.326 e. The second-order valence-corrected chi connectivity index (χ2v) is 4.96. The summed E-state index contributed by atoms with van der Waals surface area (Å²) in [5.74, 6) is -0.110. The SMILES string of the molecule is CCCNC1(C(=O)OCC)CCC(OCCC)C1. The Kier molecular flexibility index (Phi) is 6.65. The molecule has 0 aromatic rings. The van der Waals surface area contributed by atoms with Crippen LogP contribution in [0.15, 0.2) is 0 Å². The minimum Gasteiger partial charge on any atom is -0.465 e. The fourth-order valence-corrected chi connectivity index (χ4v) is 2.48. The van der Waals surface area contributed by atoms with E-state index in [-0.39, 0.29) is 12.1 Å². The van der Waals surface area contributed by atoms with Gasteiger partial charge in [0.2, 0.25) is 0 Å². The molecule has 0 amide bonds. The van der Waals surface area contributed by atoms with Gasteiger partial charge in [-0.1, -0.05) is 13.8 Å². The minimum atomic E-state index is -0.509. The summed E-state index contributed by atoms with van der Waals surface area (Å²) in [5.41, 5.74) is -0.509. The van der Waals surface area contributed by atoms with E-state index in [9.17, 15) is 4.79 Å². The van der Waals surface area contributed by atoms with E-state index in [1.165, 1.54) is 0 Å². The van der Waals surface area contributed by atoms with Crippen molar-refractivity contribution in [2.75, 3.05) is 19.8 Å². The molecule has 0 aromatic carbocycles. The van der Waals surface area contributed by atoms with Crippen molar-refractivity contribution in [2.24, 2.45) is 0 Å². The number of hydrogen-bond donors (Lipinski definition) is 1. The van der Waals surface area contributed by atoms with Crippen molar-refractivity contribution in [2.45, 2.75) is 64.5 Å². The van der Waals surface area contributed by atoms with Crippen LogP contribution in [0.4, 0.5) is 0 Å². The first kappa shape index (κ1) is 15.4. The van der Waals surface area contributed by atoms with Crippen LogP contribution in [0.2, 0.25) is 0 Å². The summed E-state index contributed by atoms with van der Waals surface area (Å²) in [6.45, 7) is 8.12. The molecule has 1 N–H and O–H groups in total. The Morgan fingerprint density at radius 2 is 2.11 bits per heavy atom. The van der Waals surface area contributed by atoms with E-state index in [1.807, 2.05) is 6.92 Å². The number of carbonyl (C=O) groups excluding carboxylic acids is 1. The number of hydrogen-bond acceptors (Lipinski definition) is 4. The number of nitrogens with one attached hydrogen (secondary N) is 1. The van der Waals surface area contributed by atoms with Crippen molar-refractivity contribution in [1.82, 2.24) is 5.32 Å². The van der Waals surface area contributed by atoms with E-state index in [0.29, 0.717) is 6.61 Å². The molecule has 2 atom stereocenters. The van der Waals surface area contributed by atoms with Crippen molar-refractivity contribution >= 4 is 5.97 Å². The highest BCUT2D eigenvalue weighted by atomic mass is 16.5. The standard InChI is InChI=1S/C14H27NO3/c1-4-9-15-14(13(16)17-6-3)8-7-12(11-14)18-10-5-2/h12,15H,4-11H2,1-3H3. The summed E-state index contributed by atoms with van der Waals surface area (Å²) in [4.78, 5) is 12.2. The lowest BCUT2D eigenvalue weighted by Gasteiger charge is -2.28. The molecule has 0 aliphatic heterocycles. The van der Waals surface area contributed by atoms with Gasteiger partial charge in [0.05, 0.1) is 12.7 Å². The smallest absolute Gasteiger partial charge is 0.326 e. The lowest BCUT2D eigenvalue weighted by atomic mass is 9.97. The third-order valence-electron chi connectivity index (χ3n) is 3.41. The molecular formula is C14H27NO3. The van der Waals surface area contributed by atoms with Crippen LogP contribution in [-0.2, 0) is 14.3 Å². The first-order chi connectivity index (χ1) is 8.68. The lowest BCUT2D eigenvalue weighted by molar-refractivity contribution is -0.151. The second kappa shape index (κ2) is 7.74. The molecule has 0 saturated heterocycles. The Balaban J connectivity index is 2.59. The summed E-state index contributed by atoms with van der Waals surface area (Å²) in [7, 11) is 0. The normalized spacial score (nSPS) is 27.4. The predicted octanol–water partition coefficient (Wildman–Crippen LogP) is 2.27. The molecule has 4 nitrogen and oxygen atoms in total. The molecule has 1 rings (SSSR count). The molecule has 0 heterocycles. The summed E-state index contributed by atoms with van der Waals surface area (Å²) < 4.78 is 11.0. The Labute approximate surface area is 110 Å². The topological polar surface area (TPSA) is 47.6 Å². The Bertz CT molecular complexity index is 257. The molecule has 1 aliphatic carbocycles. The van der Waals surface area contributed by atoms with E-state index in [1.54, 1.807) is 0 Å². The average Bonchev–Trinajstić information content (AvgIpc) is 2.79. The highest BCUT2D eigenvalue weighted by molar-refractivity contribution is 5.81. The van der Waals surface area contributed by atoms with Crippen LogP contribution >= 0.6 is 0 Å². The molecule has 106 valence electrons. The molecule has 1 fully saturated rings. The average molecular weight is 257 g/mol. The van der Waals surface area contributed by atoms with Gasteiger partial charge in [-0.3, -0.25) is 4.79 Å². The van der Waals surface area contributed by atoms with Crippen LogP contribution in [0, 0.1) is 0 Å². The minimum absolute atomic E-state index is 0.110. The summed E-state index contributed by atoms with van der Waals surface area (Å²) in [5, 5.41) is 3.38.